The maximum atomic E-state index is 11.9. The molecule has 1 saturated heterocycles. The van der Waals surface area contributed by atoms with Crippen LogP contribution < -0.4 is 10.1 Å². The number of carbonyl (C=O) groups excluding carboxylic acids is 1. The van der Waals surface area contributed by atoms with Crippen LogP contribution in [0.5, 0.6) is 5.75 Å². The molecule has 1 aromatic heterocycles. The van der Waals surface area contributed by atoms with Crippen LogP contribution in [0.15, 0.2) is 30.5 Å². The molecule has 0 bridgehead atoms. The fraction of sp³-hybridized carbons (Fsp3) is 0.583. The van der Waals surface area contributed by atoms with Crippen molar-refractivity contribution in [3.8, 4) is 17.0 Å². The lowest BCUT2D eigenvalue weighted by molar-refractivity contribution is -0.149. The normalized spacial score (nSPS) is 15.1. The molecule has 1 fully saturated rings. The van der Waals surface area contributed by atoms with Gasteiger partial charge in [-0.1, -0.05) is 13.3 Å². The Morgan fingerprint density at radius 3 is 2.71 bits per heavy atom. The van der Waals surface area contributed by atoms with Crippen molar-refractivity contribution in [1.82, 2.24) is 14.7 Å². The van der Waals surface area contributed by atoms with Gasteiger partial charge in [-0.25, -0.2) is 0 Å². The Bertz CT molecular complexity index is 828. The molecule has 2 aromatic rings. The van der Waals surface area contributed by atoms with Crippen molar-refractivity contribution in [3.63, 3.8) is 0 Å². The zero-order chi connectivity index (χ0) is 22.1. The number of unbranched alkanes of at least 4 members (excludes halogenated alkanes) is 1. The van der Waals surface area contributed by atoms with Crippen molar-refractivity contribution in [1.29, 1.82) is 0 Å². The first-order valence-electron chi connectivity index (χ1n) is 11.5. The predicted octanol–water partition coefficient (Wildman–Crippen LogP) is 3.95. The molecule has 0 atom stereocenters. The minimum atomic E-state index is -0.0492. The molecule has 170 valence electrons. The zero-order valence-corrected chi connectivity index (χ0v) is 19.1. The Balaban J connectivity index is 1.57. The average Bonchev–Trinajstić information content (AvgIpc) is 3.21. The number of hydrogen-bond donors (Lipinski definition) is 1. The van der Waals surface area contributed by atoms with Crippen LogP contribution in [0.4, 0.5) is 5.69 Å². The summed E-state index contributed by atoms with van der Waals surface area (Å²) in [5.41, 5.74) is 3.17. The van der Waals surface area contributed by atoms with Gasteiger partial charge in [0, 0.05) is 37.6 Å². The largest absolute Gasteiger partial charge is 0.492 e. The first-order valence-corrected chi connectivity index (χ1v) is 11.5. The van der Waals surface area contributed by atoms with E-state index >= 15 is 0 Å². The number of nitrogens with zero attached hydrogens (tertiary/aromatic N) is 3. The number of hydrogen-bond acceptors (Lipinski definition) is 6. The number of aryl methyl sites for hydroxylation is 1. The summed E-state index contributed by atoms with van der Waals surface area (Å²) in [7, 11) is 1.95. The summed E-state index contributed by atoms with van der Waals surface area (Å²) in [6.07, 6.45) is 5.84. The first-order chi connectivity index (χ1) is 15.1. The van der Waals surface area contributed by atoms with Crippen LogP contribution in [0.1, 0.15) is 39.5 Å². The summed E-state index contributed by atoms with van der Waals surface area (Å²) in [4.78, 5) is 14.3. The van der Waals surface area contributed by atoms with Crippen LogP contribution >= 0.6 is 0 Å². The molecular formula is C24H36N4O3. The van der Waals surface area contributed by atoms with E-state index in [2.05, 4.69) is 34.4 Å². The van der Waals surface area contributed by atoms with Gasteiger partial charge in [0.1, 0.15) is 12.4 Å². The van der Waals surface area contributed by atoms with Crippen LogP contribution in [0.25, 0.3) is 11.3 Å². The van der Waals surface area contributed by atoms with Crippen molar-refractivity contribution < 1.29 is 14.3 Å². The number of esters is 1. The van der Waals surface area contributed by atoms with Gasteiger partial charge in [0.2, 0.25) is 0 Å². The van der Waals surface area contributed by atoms with E-state index in [1.165, 1.54) is 6.42 Å². The fourth-order valence-electron chi connectivity index (χ4n) is 3.95. The van der Waals surface area contributed by atoms with Crippen LogP contribution in [0, 0.1) is 5.92 Å². The van der Waals surface area contributed by atoms with E-state index < -0.39 is 0 Å². The summed E-state index contributed by atoms with van der Waals surface area (Å²) in [6.45, 7) is 8.73. The molecule has 1 aliphatic heterocycles. The minimum absolute atomic E-state index is 0.0429. The van der Waals surface area contributed by atoms with E-state index in [-0.39, 0.29) is 11.9 Å². The fourth-order valence-corrected chi connectivity index (χ4v) is 3.95. The van der Waals surface area contributed by atoms with Gasteiger partial charge in [-0.15, -0.1) is 0 Å². The van der Waals surface area contributed by atoms with Crippen molar-refractivity contribution in [3.05, 3.63) is 30.5 Å². The lowest BCUT2D eigenvalue weighted by Gasteiger charge is -2.30. The van der Waals surface area contributed by atoms with Gasteiger partial charge in [-0.2, -0.15) is 5.10 Å². The van der Waals surface area contributed by atoms with Gasteiger partial charge < -0.3 is 14.8 Å². The Kier molecular flexibility index (Phi) is 8.76. The second-order valence-corrected chi connectivity index (χ2v) is 8.05. The molecule has 7 nitrogen and oxygen atoms in total. The molecule has 3 rings (SSSR count). The van der Waals surface area contributed by atoms with Crippen LogP contribution in [-0.2, 0) is 16.6 Å². The lowest BCUT2D eigenvalue weighted by atomic mass is 9.97. The highest BCUT2D eigenvalue weighted by Crippen LogP contribution is 2.32. The quantitative estimate of drug-likeness (QED) is 0.432. The summed E-state index contributed by atoms with van der Waals surface area (Å²) >= 11 is 0. The van der Waals surface area contributed by atoms with Crippen molar-refractivity contribution >= 4 is 11.7 Å². The van der Waals surface area contributed by atoms with E-state index in [0.717, 1.165) is 68.1 Å². The van der Waals surface area contributed by atoms with E-state index in [4.69, 9.17) is 9.47 Å². The number of carbonyl (C=O) groups is 1. The number of piperidine rings is 1. The molecule has 1 N–H and O–H groups in total. The smallest absolute Gasteiger partial charge is 0.309 e. The highest BCUT2D eigenvalue weighted by atomic mass is 16.5. The Labute approximate surface area is 185 Å². The summed E-state index contributed by atoms with van der Waals surface area (Å²) in [5.74, 6) is 0.860. The van der Waals surface area contributed by atoms with Gasteiger partial charge in [0.25, 0.3) is 0 Å². The van der Waals surface area contributed by atoms with Crippen LogP contribution in [0.2, 0.25) is 0 Å². The molecular weight excluding hydrogens is 392 g/mol. The molecule has 0 aliphatic carbocycles. The van der Waals surface area contributed by atoms with Gasteiger partial charge in [0.05, 0.1) is 18.2 Å². The summed E-state index contributed by atoms with van der Waals surface area (Å²) in [5, 5.41) is 7.82. The molecule has 0 saturated carbocycles. The maximum absolute atomic E-state index is 11.9. The Morgan fingerprint density at radius 1 is 1.23 bits per heavy atom. The number of nitrogens with one attached hydrogen (secondary N) is 1. The average molecular weight is 429 g/mol. The number of anilines is 1. The third kappa shape index (κ3) is 6.47. The third-order valence-corrected chi connectivity index (χ3v) is 5.81. The second kappa shape index (κ2) is 11.7. The Morgan fingerprint density at radius 2 is 2.03 bits per heavy atom. The maximum Gasteiger partial charge on any atom is 0.309 e. The number of ether oxygens (including phenoxy) is 2. The molecule has 0 spiro atoms. The summed E-state index contributed by atoms with van der Waals surface area (Å²) in [6, 6.07) is 8.28. The number of aromatic nitrogens is 2. The van der Waals surface area contributed by atoms with Crippen molar-refractivity contribution in [2.24, 2.45) is 13.0 Å². The highest BCUT2D eigenvalue weighted by molar-refractivity contribution is 5.73. The molecule has 1 aliphatic rings. The monoisotopic (exact) mass is 428 g/mol. The zero-order valence-electron chi connectivity index (χ0n) is 19.1. The topological polar surface area (TPSA) is 68.6 Å². The van der Waals surface area contributed by atoms with E-state index in [0.29, 0.717) is 13.2 Å². The molecule has 1 aromatic carbocycles. The van der Waals surface area contributed by atoms with Crippen LogP contribution in [-0.4, -0.2) is 60.0 Å². The molecule has 0 radical (unpaired) electrons. The van der Waals surface area contributed by atoms with Crippen molar-refractivity contribution in [2.45, 2.75) is 39.5 Å². The third-order valence-electron chi connectivity index (χ3n) is 5.81. The second-order valence-electron chi connectivity index (χ2n) is 8.05. The Hall–Kier alpha value is -2.54. The minimum Gasteiger partial charge on any atom is -0.492 e. The molecule has 0 unspecified atom stereocenters. The van der Waals surface area contributed by atoms with Crippen LogP contribution in [0.3, 0.4) is 0 Å². The number of likely N-dealkylation sites (tertiary alicyclic amines) is 1. The SMILES string of the molecule is CCCCNc1ccc(OCCN2CCC(C(=O)OCC)CC2)c(-c2ccnn2C)c1. The van der Waals surface area contributed by atoms with Gasteiger partial charge >= 0.3 is 5.97 Å². The molecule has 0 amide bonds. The van der Waals surface area contributed by atoms with E-state index in [1.54, 1.807) is 0 Å². The number of benzene rings is 1. The molecule has 31 heavy (non-hydrogen) atoms. The van der Waals surface area contributed by atoms with E-state index in [1.807, 2.05) is 37.0 Å². The summed E-state index contributed by atoms with van der Waals surface area (Å²) < 4.78 is 13.2. The number of rotatable bonds is 11. The van der Waals surface area contributed by atoms with Gasteiger partial charge in [-0.3, -0.25) is 14.4 Å². The first kappa shape index (κ1) is 23.1. The lowest BCUT2D eigenvalue weighted by Crippen LogP contribution is -2.39. The van der Waals surface area contributed by atoms with Gasteiger partial charge in [-0.05, 0) is 63.5 Å². The van der Waals surface area contributed by atoms with Crippen molar-refractivity contribution in [2.75, 3.05) is 44.7 Å². The van der Waals surface area contributed by atoms with E-state index in [9.17, 15) is 4.79 Å². The predicted molar refractivity (Wildman–Crippen MR) is 123 cm³/mol. The highest BCUT2D eigenvalue weighted by Gasteiger charge is 2.25. The van der Waals surface area contributed by atoms with Gasteiger partial charge in [0.15, 0.2) is 0 Å². The molecule has 7 heteroatoms. The standard InChI is InChI=1S/C24H36N4O3/c1-4-6-12-25-20-7-8-23(21(18-20)22-9-13-26-27(22)3)31-17-16-28-14-10-19(11-15-28)24(29)30-5-2/h7-9,13,18-19,25H,4-6,10-12,14-17H2,1-3H3. The molecule has 2 heterocycles.